The highest BCUT2D eigenvalue weighted by Crippen LogP contribution is 2.40. The molecule has 0 radical (unpaired) electrons. The van der Waals surface area contributed by atoms with Crippen molar-refractivity contribution in [1.82, 2.24) is 9.88 Å². The van der Waals surface area contributed by atoms with Crippen LogP contribution in [0.3, 0.4) is 0 Å². The molecular formula is C28H28N2O4. The zero-order chi connectivity index (χ0) is 24.4. The number of pyridine rings is 1. The van der Waals surface area contributed by atoms with Crippen LogP contribution in [-0.4, -0.2) is 32.8 Å². The smallest absolute Gasteiger partial charge is 0.296 e. The lowest BCUT2D eigenvalue weighted by molar-refractivity contribution is -0.140. The molecule has 0 bridgehead atoms. The summed E-state index contributed by atoms with van der Waals surface area (Å²) in [4.78, 5) is 32.2. The molecule has 34 heavy (non-hydrogen) atoms. The normalized spacial score (nSPS) is 17.4. The van der Waals surface area contributed by atoms with Crippen LogP contribution in [0.2, 0.25) is 0 Å². The molecule has 1 saturated heterocycles. The van der Waals surface area contributed by atoms with Crippen molar-refractivity contribution < 1.29 is 19.4 Å². The van der Waals surface area contributed by atoms with E-state index in [-0.39, 0.29) is 24.0 Å². The molecule has 4 rings (SSSR count). The fourth-order valence-electron chi connectivity index (χ4n) is 4.23. The first-order valence-corrected chi connectivity index (χ1v) is 11.3. The molecule has 0 aliphatic carbocycles. The van der Waals surface area contributed by atoms with Gasteiger partial charge in [-0.05, 0) is 69.2 Å². The highest BCUT2D eigenvalue weighted by molar-refractivity contribution is 6.46. The van der Waals surface area contributed by atoms with Gasteiger partial charge in [0.15, 0.2) is 0 Å². The van der Waals surface area contributed by atoms with Gasteiger partial charge in [0.25, 0.3) is 11.7 Å². The third-order valence-corrected chi connectivity index (χ3v) is 5.77. The van der Waals surface area contributed by atoms with Gasteiger partial charge in [-0.3, -0.25) is 14.6 Å². The van der Waals surface area contributed by atoms with Crippen LogP contribution in [0.15, 0.2) is 72.4 Å². The summed E-state index contributed by atoms with van der Waals surface area (Å²) in [6.07, 6.45) is 1.66. The van der Waals surface area contributed by atoms with Crippen LogP contribution < -0.4 is 4.74 Å². The molecule has 174 valence electrons. The van der Waals surface area contributed by atoms with Crippen LogP contribution >= 0.6 is 0 Å². The van der Waals surface area contributed by atoms with Crippen LogP contribution in [0, 0.1) is 13.8 Å². The number of benzene rings is 2. The predicted octanol–water partition coefficient (Wildman–Crippen LogP) is 5.11. The maximum Gasteiger partial charge on any atom is 0.296 e. The molecule has 1 unspecified atom stereocenters. The molecular weight excluding hydrogens is 428 g/mol. The van der Waals surface area contributed by atoms with Gasteiger partial charge < -0.3 is 14.7 Å². The fourth-order valence-corrected chi connectivity index (χ4v) is 4.23. The Morgan fingerprint density at radius 3 is 2.50 bits per heavy atom. The van der Waals surface area contributed by atoms with E-state index in [0.717, 1.165) is 16.7 Å². The Bertz CT molecular complexity index is 1260. The Hall–Kier alpha value is -3.93. The Kier molecular flexibility index (Phi) is 6.50. The molecule has 1 fully saturated rings. The minimum absolute atomic E-state index is 0.0105. The molecule has 1 aliphatic heterocycles. The summed E-state index contributed by atoms with van der Waals surface area (Å²) in [6, 6.07) is 17.6. The number of aliphatic hydroxyl groups excluding tert-OH is 1. The van der Waals surface area contributed by atoms with Gasteiger partial charge in [-0.25, -0.2) is 0 Å². The van der Waals surface area contributed by atoms with Gasteiger partial charge in [0.2, 0.25) is 0 Å². The SMILES string of the molecule is Cc1cccc(C2/C(=C(/O)c3ccc(OC(C)C)c(C)c3)C(=O)C(=O)N2Cc2ccccn2)c1. The minimum Gasteiger partial charge on any atom is -0.507 e. The topological polar surface area (TPSA) is 79.7 Å². The standard InChI is InChI=1S/C28H28N2O4/c1-17(2)34-23-12-11-21(15-19(23)4)26(31)24-25(20-9-7-8-18(3)14-20)30(28(33)27(24)32)16-22-10-5-6-13-29-22/h5-15,17,25,31H,16H2,1-4H3/b26-24-. The average molecular weight is 457 g/mol. The summed E-state index contributed by atoms with van der Waals surface area (Å²) < 4.78 is 5.80. The number of aryl methyl sites for hydroxylation is 2. The molecule has 3 aromatic rings. The van der Waals surface area contributed by atoms with Gasteiger partial charge in [-0.15, -0.1) is 0 Å². The third-order valence-electron chi connectivity index (χ3n) is 5.77. The van der Waals surface area contributed by atoms with Crippen molar-refractivity contribution >= 4 is 17.4 Å². The molecule has 1 amide bonds. The minimum atomic E-state index is -0.728. The maximum atomic E-state index is 13.2. The zero-order valence-corrected chi connectivity index (χ0v) is 19.8. The van der Waals surface area contributed by atoms with Crippen molar-refractivity contribution in [2.45, 2.75) is 46.4 Å². The third kappa shape index (κ3) is 4.57. The van der Waals surface area contributed by atoms with E-state index >= 15 is 0 Å². The lowest BCUT2D eigenvalue weighted by Crippen LogP contribution is -2.29. The molecule has 1 atom stereocenters. The monoisotopic (exact) mass is 456 g/mol. The van der Waals surface area contributed by atoms with Gasteiger partial charge in [0.1, 0.15) is 11.5 Å². The Labute approximate surface area is 199 Å². The summed E-state index contributed by atoms with van der Waals surface area (Å²) in [6.45, 7) is 7.87. The van der Waals surface area contributed by atoms with E-state index in [4.69, 9.17) is 4.74 Å². The van der Waals surface area contributed by atoms with Crippen LogP contribution in [0.5, 0.6) is 5.75 Å². The number of ketones is 1. The average Bonchev–Trinajstić information content (AvgIpc) is 3.05. The maximum absolute atomic E-state index is 13.2. The Balaban J connectivity index is 1.83. The van der Waals surface area contributed by atoms with Gasteiger partial charge >= 0.3 is 0 Å². The van der Waals surface area contributed by atoms with Gasteiger partial charge in [0.05, 0.1) is 30.0 Å². The number of aromatic nitrogens is 1. The number of hydrogen-bond acceptors (Lipinski definition) is 5. The summed E-state index contributed by atoms with van der Waals surface area (Å²) >= 11 is 0. The first-order chi connectivity index (χ1) is 16.3. The predicted molar refractivity (Wildman–Crippen MR) is 130 cm³/mol. The summed E-state index contributed by atoms with van der Waals surface area (Å²) in [7, 11) is 0. The van der Waals surface area contributed by atoms with Crippen molar-refractivity contribution in [2.75, 3.05) is 0 Å². The van der Waals surface area contributed by atoms with Gasteiger partial charge in [-0.2, -0.15) is 0 Å². The van der Waals surface area contributed by atoms with Crippen molar-refractivity contribution in [2.24, 2.45) is 0 Å². The molecule has 1 aromatic heterocycles. The second-order valence-electron chi connectivity index (χ2n) is 8.81. The van der Waals surface area contributed by atoms with E-state index in [1.54, 1.807) is 30.5 Å². The van der Waals surface area contributed by atoms with E-state index in [1.165, 1.54) is 4.90 Å². The van der Waals surface area contributed by atoms with Crippen LogP contribution in [0.1, 0.15) is 47.8 Å². The van der Waals surface area contributed by atoms with E-state index in [1.807, 2.05) is 64.1 Å². The number of Topliss-reactive ketones (excluding diaryl/α,β-unsaturated/α-hetero) is 1. The van der Waals surface area contributed by atoms with Crippen LogP contribution in [0.25, 0.3) is 5.76 Å². The van der Waals surface area contributed by atoms with Crippen molar-refractivity contribution in [3.05, 3.63) is 100 Å². The molecule has 6 heteroatoms. The number of carbonyl (C=O) groups is 2. The van der Waals surface area contributed by atoms with Gasteiger partial charge in [0, 0.05) is 11.8 Å². The quantitative estimate of drug-likeness (QED) is 0.317. The zero-order valence-electron chi connectivity index (χ0n) is 19.8. The number of carbonyl (C=O) groups excluding carboxylic acids is 2. The van der Waals surface area contributed by atoms with E-state index in [2.05, 4.69) is 4.98 Å². The molecule has 6 nitrogen and oxygen atoms in total. The number of amides is 1. The second kappa shape index (κ2) is 9.51. The fraction of sp³-hybridized carbons (Fsp3) is 0.250. The molecule has 1 N–H and O–H groups in total. The number of hydrogen-bond donors (Lipinski definition) is 1. The van der Waals surface area contributed by atoms with E-state index in [9.17, 15) is 14.7 Å². The highest BCUT2D eigenvalue weighted by atomic mass is 16.5. The second-order valence-corrected chi connectivity index (χ2v) is 8.81. The summed E-state index contributed by atoms with van der Waals surface area (Å²) in [5.74, 6) is -0.861. The van der Waals surface area contributed by atoms with Crippen LogP contribution in [0.4, 0.5) is 0 Å². The van der Waals surface area contributed by atoms with Crippen molar-refractivity contribution in [3.63, 3.8) is 0 Å². The summed E-state index contributed by atoms with van der Waals surface area (Å²) in [5.41, 5.74) is 3.77. The lowest BCUT2D eigenvalue weighted by atomic mass is 9.94. The first-order valence-electron chi connectivity index (χ1n) is 11.3. The van der Waals surface area contributed by atoms with Crippen LogP contribution in [-0.2, 0) is 16.1 Å². The molecule has 2 heterocycles. The number of rotatable bonds is 6. The molecule has 0 spiro atoms. The molecule has 0 saturated carbocycles. The lowest BCUT2D eigenvalue weighted by Gasteiger charge is -2.25. The number of likely N-dealkylation sites (tertiary alicyclic amines) is 1. The number of ether oxygens (including phenoxy) is 1. The highest BCUT2D eigenvalue weighted by Gasteiger charge is 2.46. The van der Waals surface area contributed by atoms with E-state index < -0.39 is 17.7 Å². The van der Waals surface area contributed by atoms with Crippen molar-refractivity contribution in [1.29, 1.82) is 0 Å². The summed E-state index contributed by atoms with van der Waals surface area (Å²) in [5, 5.41) is 11.3. The molecule has 2 aromatic carbocycles. The molecule has 1 aliphatic rings. The van der Waals surface area contributed by atoms with Gasteiger partial charge in [-0.1, -0.05) is 35.9 Å². The number of nitrogens with zero attached hydrogens (tertiary/aromatic N) is 2. The first kappa shape index (κ1) is 23.2. The largest absolute Gasteiger partial charge is 0.507 e. The Morgan fingerprint density at radius 2 is 1.85 bits per heavy atom. The van der Waals surface area contributed by atoms with Crippen molar-refractivity contribution in [3.8, 4) is 5.75 Å². The van der Waals surface area contributed by atoms with E-state index in [0.29, 0.717) is 17.0 Å². The Morgan fingerprint density at radius 1 is 1.06 bits per heavy atom. The number of aliphatic hydroxyl groups is 1.